The number of para-hydroxylation sites is 1. The van der Waals surface area contributed by atoms with Crippen molar-refractivity contribution in [2.45, 2.75) is 26.9 Å². The Kier molecular flexibility index (Phi) is 5.94. The van der Waals surface area contributed by atoms with Gasteiger partial charge in [-0.2, -0.15) is 5.10 Å². The molecular weight excluding hydrogens is 466 g/mol. The van der Waals surface area contributed by atoms with Crippen molar-refractivity contribution in [2.24, 2.45) is 0 Å². The van der Waals surface area contributed by atoms with E-state index >= 15 is 0 Å². The van der Waals surface area contributed by atoms with Crippen molar-refractivity contribution in [1.82, 2.24) is 29.2 Å². The predicted molar refractivity (Wildman–Crippen MR) is 144 cm³/mol. The molecule has 2 aromatic carbocycles. The fourth-order valence-corrected chi connectivity index (χ4v) is 5.23. The molecule has 2 N–H and O–H groups in total. The van der Waals surface area contributed by atoms with E-state index in [1.165, 1.54) is 6.33 Å². The van der Waals surface area contributed by atoms with Crippen LogP contribution in [0.15, 0.2) is 59.7 Å². The van der Waals surface area contributed by atoms with Gasteiger partial charge >= 0.3 is 0 Å². The minimum Gasteiger partial charge on any atom is -0.383 e. The van der Waals surface area contributed by atoms with E-state index in [0.717, 1.165) is 57.5 Å². The Hall–Kier alpha value is -4.08. The van der Waals surface area contributed by atoms with Gasteiger partial charge in [-0.05, 0) is 42.5 Å². The van der Waals surface area contributed by atoms with E-state index in [1.807, 2.05) is 65.6 Å². The van der Waals surface area contributed by atoms with Gasteiger partial charge in [-0.25, -0.2) is 14.6 Å². The Bertz CT molecular complexity index is 1680. The summed E-state index contributed by atoms with van der Waals surface area (Å²) in [6, 6.07) is 16.0. The van der Waals surface area contributed by atoms with E-state index in [0.29, 0.717) is 37.8 Å². The van der Waals surface area contributed by atoms with Gasteiger partial charge < -0.3 is 10.5 Å². The third-order valence-corrected chi connectivity index (χ3v) is 7.11. The molecule has 1 saturated heterocycles. The van der Waals surface area contributed by atoms with Gasteiger partial charge in [0.2, 0.25) is 0 Å². The number of morpholine rings is 1. The summed E-state index contributed by atoms with van der Waals surface area (Å²) in [6.07, 6.45) is 1.46. The molecule has 37 heavy (non-hydrogen) atoms. The number of hydrogen-bond acceptors (Lipinski definition) is 7. The molecule has 0 bridgehead atoms. The summed E-state index contributed by atoms with van der Waals surface area (Å²) in [5, 5.41) is 7.35. The molecule has 0 amide bonds. The van der Waals surface area contributed by atoms with Crippen molar-refractivity contribution in [3.05, 3.63) is 87.7 Å². The van der Waals surface area contributed by atoms with Crippen LogP contribution in [0.1, 0.15) is 22.5 Å². The lowest BCUT2D eigenvalue weighted by Crippen LogP contribution is -2.35. The Morgan fingerprint density at radius 2 is 1.73 bits per heavy atom. The van der Waals surface area contributed by atoms with Crippen LogP contribution in [0.25, 0.3) is 27.5 Å². The summed E-state index contributed by atoms with van der Waals surface area (Å²) in [5.74, 6) is 0.407. The molecule has 4 heterocycles. The van der Waals surface area contributed by atoms with Crippen LogP contribution >= 0.6 is 0 Å². The molecule has 1 aliphatic rings. The summed E-state index contributed by atoms with van der Waals surface area (Å²) in [6.45, 7) is 8.04. The number of anilines is 1. The normalized spacial score (nSPS) is 14.5. The first-order valence-electron chi connectivity index (χ1n) is 12.5. The van der Waals surface area contributed by atoms with Crippen LogP contribution in [0.3, 0.4) is 0 Å². The Labute approximate surface area is 214 Å². The molecule has 0 aliphatic carbocycles. The molecule has 0 saturated carbocycles. The number of nitrogen functional groups attached to an aromatic ring is 1. The van der Waals surface area contributed by atoms with Crippen molar-refractivity contribution in [1.29, 1.82) is 0 Å². The van der Waals surface area contributed by atoms with E-state index in [1.54, 1.807) is 0 Å². The first-order valence-corrected chi connectivity index (χ1v) is 12.5. The molecule has 0 spiro atoms. The number of nitrogens with two attached hydrogens (primary N) is 1. The smallest absolute Gasteiger partial charge is 0.263 e. The highest BCUT2D eigenvalue weighted by Crippen LogP contribution is 2.26. The zero-order valence-corrected chi connectivity index (χ0v) is 21.0. The first-order chi connectivity index (χ1) is 18.0. The van der Waals surface area contributed by atoms with Gasteiger partial charge in [0.25, 0.3) is 5.56 Å². The topological polar surface area (TPSA) is 104 Å². The minimum absolute atomic E-state index is 0.0426. The number of ether oxygens (including phenoxy) is 1. The number of benzene rings is 2. The lowest BCUT2D eigenvalue weighted by Gasteiger charge is -2.25. The van der Waals surface area contributed by atoms with Crippen LogP contribution < -0.4 is 11.3 Å². The molecule has 0 radical (unpaired) electrons. The lowest BCUT2D eigenvalue weighted by atomic mass is 10.1. The highest BCUT2D eigenvalue weighted by Gasteiger charge is 2.21. The minimum atomic E-state index is -0.0426. The highest BCUT2D eigenvalue weighted by molar-refractivity contribution is 5.88. The average molecular weight is 496 g/mol. The molecule has 9 nitrogen and oxygen atoms in total. The third-order valence-electron chi connectivity index (χ3n) is 7.11. The second-order valence-electron chi connectivity index (χ2n) is 9.55. The number of aromatic nitrogens is 5. The molecule has 1 aliphatic heterocycles. The number of pyridine rings is 1. The van der Waals surface area contributed by atoms with Crippen LogP contribution in [0.5, 0.6) is 0 Å². The summed E-state index contributed by atoms with van der Waals surface area (Å²) in [7, 11) is 0. The van der Waals surface area contributed by atoms with Gasteiger partial charge in [0.05, 0.1) is 41.9 Å². The zero-order chi connectivity index (χ0) is 25.5. The van der Waals surface area contributed by atoms with Gasteiger partial charge in [0, 0.05) is 25.3 Å². The van der Waals surface area contributed by atoms with E-state index in [4.69, 9.17) is 15.6 Å². The number of nitrogens with zero attached hydrogens (tertiary/aromatic N) is 6. The SMILES string of the molecule is Cc1ccccc1-n1c(Cn2nc(CN3CCOCC3)c3c(N)ncnc32)cc2cccc(C)c2c1=O. The number of fused-ring (bicyclic) bond motifs is 2. The molecule has 5 aromatic rings. The fraction of sp³-hybridized carbons (Fsp3) is 0.286. The van der Waals surface area contributed by atoms with E-state index in [-0.39, 0.29) is 5.56 Å². The maximum Gasteiger partial charge on any atom is 0.263 e. The van der Waals surface area contributed by atoms with Crippen LogP contribution in [0.4, 0.5) is 5.82 Å². The molecule has 1 fully saturated rings. The Morgan fingerprint density at radius 1 is 0.946 bits per heavy atom. The van der Waals surface area contributed by atoms with E-state index in [9.17, 15) is 4.79 Å². The zero-order valence-electron chi connectivity index (χ0n) is 21.0. The molecule has 6 rings (SSSR count). The molecule has 0 atom stereocenters. The second-order valence-corrected chi connectivity index (χ2v) is 9.55. The molecule has 188 valence electrons. The molecule has 3 aromatic heterocycles. The van der Waals surface area contributed by atoms with E-state index < -0.39 is 0 Å². The quantitative estimate of drug-likeness (QED) is 0.399. The van der Waals surface area contributed by atoms with Crippen molar-refractivity contribution in [2.75, 3.05) is 32.0 Å². The van der Waals surface area contributed by atoms with E-state index in [2.05, 4.69) is 20.9 Å². The maximum absolute atomic E-state index is 14.0. The standard InChI is InChI=1S/C28H29N7O2/c1-18-6-3-4-9-23(18)35-21(14-20-8-5-7-19(2)24(20)28(35)36)15-34-27-25(26(29)30-17-31-27)22(32-34)16-33-10-12-37-13-11-33/h3-9,14,17H,10-13,15-16H2,1-2H3,(H2,29,30,31). The molecular formula is C28H29N7O2. The van der Waals surface area contributed by atoms with Crippen molar-refractivity contribution < 1.29 is 4.74 Å². The largest absolute Gasteiger partial charge is 0.383 e. The fourth-order valence-electron chi connectivity index (χ4n) is 5.23. The van der Waals surface area contributed by atoms with Crippen LogP contribution in [0, 0.1) is 13.8 Å². The predicted octanol–water partition coefficient (Wildman–Crippen LogP) is 3.21. The van der Waals surface area contributed by atoms with Crippen LogP contribution in [0.2, 0.25) is 0 Å². The third kappa shape index (κ3) is 4.16. The van der Waals surface area contributed by atoms with Gasteiger partial charge in [-0.15, -0.1) is 0 Å². The second kappa shape index (κ2) is 9.42. The monoisotopic (exact) mass is 495 g/mol. The first kappa shape index (κ1) is 23.3. The highest BCUT2D eigenvalue weighted by atomic mass is 16.5. The Balaban J connectivity index is 1.53. The summed E-state index contributed by atoms with van der Waals surface area (Å²) < 4.78 is 9.15. The van der Waals surface area contributed by atoms with Crippen molar-refractivity contribution >= 4 is 27.6 Å². The summed E-state index contributed by atoms with van der Waals surface area (Å²) in [4.78, 5) is 25.1. The Morgan fingerprint density at radius 3 is 2.54 bits per heavy atom. The maximum atomic E-state index is 14.0. The lowest BCUT2D eigenvalue weighted by molar-refractivity contribution is 0.0337. The van der Waals surface area contributed by atoms with Gasteiger partial charge in [-0.1, -0.05) is 36.4 Å². The number of aryl methyl sites for hydroxylation is 2. The van der Waals surface area contributed by atoms with Crippen LogP contribution in [-0.2, 0) is 17.8 Å². The molecule has 9 heteroatoms. The number of hydrogen-bond donors (Lipinski definition) is 1. The van der Waals surface area contributed by atoms with Crippen LogP contribution in [-0.4, -0.2) is 55.5 Å². The number of rotatable bonds is 5. The summed E-state index contributed by atoms with van der Waals surface area (Å²) >= 11 is 0. The van der Waals surface area contributed by atoms with Gasteiger partial charge in [0.15, 0.2) is 5.65 Å². The van der Waals surface area contributed by atoms with Gasteiger partial charge in [0.1, 0.15) is 12.1 Å². The average Bonchev–Trinajstić information content (AvgIpc) is 3.23. The van der Waals surface area contributed by atoms with Crippen molar-refractivity contribution in [3.8, 4) is 5.69 Å². The van der Waals surface area contributed by atoms with Gasteiger partial charge in [-0.3, -0.25) is 14.3 Å². The molecule has 0 unspecified atom stereocenters. The summed E-state index contributed by atoms with van der Waals surface area (Å²) in [5.41, 5.74) is 11.4. The van der Waals surface area contributed by atoms with Crippen molar-refractivity contribution in [3.63, 3.8) is 0 Å².